The Morgan fingerprint density at radius 2 is 1.88 bits per heavy atom. The third-order valence-corrected chi connectivity index (χ3v) is 5.42. The van der Waals surface area contributed by atoms with Crippen molar-refractivity contribution in [1.82, 2.24) is 5.32 Å². The smallest absolute Gasteiger partial charge is 0.151 e. The number of nitrogens with zero attached hydrogens (tertiary/aromatic N) is 1. The fraction of sp³-hybridized carbons (Fsp3) is 0.316. The summed E-state index contributed by atoms with van der Waals surface area (Å²) in [6, 6.07) is 17.1. The van der Waals surface area contributed by atoms with Crippen LogP contribution in [-0.2, 0) is 23.0 Å². The second kappa shape index (κ2) is 9.21. The molecule has 0 spiro atoms. The summed E-state index contributed by atoms with van der Waals surface area (Å²) in [5, 5.41) is 12.1. The Morgan fingerprint density at radius 3 is 2.64 bits per heavy atom. The number of hydrogen-bond donors (Lipinski definition) is 1. The van der Waals surface area contributed by atoms with Gasteiger partial charge in [0.05, 0.1) is 17.4 Å². The van der Waals surface area contributed by atoms with Crippen LogP contribution < -0.4 is 10.1 Å². The van der Waals surface area contributed by atoms with E-state index in [1.807, 2.05) is 36.4 Å². The van der Waals surface area contributed by atoms with Gasteiger partial charge in [0, 0.05) is 18.8 Å². The summed E-state index contributed by atoms with van der Waals surface area (Å²) < 4.78 is 28.7. The Labute approximate surface area is 149 Å². The molecule has 6 heteroatoms. The summed E-state index contributed by atoms with van der Waals surface area (Å²) >= 11 is 0. The maximum Gasteiger partial charge on any atom is 0.151 e. The normalized spacial score (nSPS) is 11.0. The Balaban J connectivity index is 1.85. The van der Waals surface area contributed by atoms with E-state index in [1.165, 1.54) is 0 Å². The van der Waals surface area contributed by atoms with Crippen LogP contribution in [0.25, 0.3) is 0 Å². The van der Waals surface area contributed by atoms with Crippen molar-refractivity contribution in [3.8, 4) is 11.8 Å². The van der Waals surface area contributed by atoms with Gasteiger partial charge in [-0.05, 0) is 35.4 Å². The van der Waals surface area contributed by atoms with Crippen LogP contribution in [0.3, 0.4) is 0 Å². The molecule has 0 bridgehead atoms. The van der Waals surface area contributed by atoms with E-state index in [0.29, 0.717) is 25.3 Å². The molecular formula is C19H22N2O3S. The van der Waals surface area contributed by atoms with Crippen LogP contribution in [0.15, 0.2) is 48.5 Å². The van der Waals surface area contributed by atoms with E-state index in [9.17, 15) is 8.42 Å². The van der Waals surface area contributed by atoms with E-state index in [2.05, 4.69) is 11.4 Å². The van der Waals surface area contributed by atoms with Crippen molar-refractivity contribution >= 4 is 9.84 Å². The van der Waals surface area contributed by atoms with E-state index in [-0.39, 0.29) is 11.5 Å². The molecule has 0 aromatic heterocycles. The summed E-state index contributed by atoms with van der Waals surface area (Å²) in [5.74, 6) is 1.06. The minimum atomic E-state index is -2.94. The van der Waals surface area contributed by atoms with Gasteiger partial charge in [-0.1, -0.05) is 31.2 Å². The predicted molar refractivity (Wildman–Crippen MR) is 98.0 cm³/mol. The summed E-state index contributed by atoms with van der Waals surface area (Å²) in [5.41, 5.74) is 2.57. The van der Waals surface area contributed by atoms with Gasteiger partial charge in [-0.25, -0.2) is 8.42 Å². The molecule has 0 amide bonds. The molecule has 0 aliphatic rings. The molecule has 0 atom stereocenters. The highest BCUT2D eigenvalue weighted by Crippen LogP contribution is 2.15. The summed E-state index contributed by atoms with van der Waals surface area (Å²) in [6.07, 6.45) is 0. The van der Waals surface area contributed by atoms with Crippen LogP contribution in [0, 0.1) is 11.3 Å². The van der Waals surface area contributed by atoms with Crippen molar-refractivity contribution in [1.29, 1.82) is 5.26 Å². The number of sulfone groups is 1. The monoisotopic (exact) mass is 358 g/mol. The van der Waals surface area contributed by atoms with E-state index in [4.69, 9.17) is 10.00 Å². The van der Waals surface area contributed by atoms with Crippen molar-refractivity contribution in [2.24, 2.45) is 0 Å². The fourth-order valence-electron chi connectivity index (χ4n) is 2.25. The van der Waals surface area contributed by atoms with Crippen LogP contribution in [0.2, 0.25) is 0 Å². The SMILES string of the molecule is CCS(=O)(=O)CCNCc1cccc(OCc2cccc(C#N)c2)c1. The average molecular weight is 358 g/mol. The predicted octanol–water partition coefficient (Wildman–Crippen LogP) is 2.66. The molecule has 0 fully saturated rings. The third-order valence-electron chi connectivity index (χ3n) is 3.72. The molecular weight excluding hydrogens is 336 g/mol. The highest BCUT2D eigenvalue weighted by Gasteiger charge is 2.06. The summed E-state index contributed by atoms with van der Waals surface area (Å²) in [7, 11) is -2.94. The highest BCUT2D eigenvalue weighted by atomic mass is 32.2. The van der Waals surface area contributed by atoms with Gasteiger partial charge in [-0.15, -0.1) is 0 Å². The number of rotatable bonds is 9. The van der Waals surface area contributed by atoms with Crippen LogP contribution in [0.4, 0.5) is 0 Å². The molecule has 5 nitrogen and oxygen atoms in total. The molecule has 0 aliphatic heterocycles. The van der Waals surface area contributed by atoms with Crippen molar-refractivity contribution < 1.29 is 13.2 Å². The lowest BCUT2D eigenvalue weighted by atomic mass is 10.1. The van der Waals surface area contributed by atoms with E-state index in [0.717, 1.165) is 16.9 Å². The molecule has 132 valence electrons. The van der Waals surface area contributed by atoms with Crippen LogP contribution in [-0.4, -0.2) is 26.5 Å². The van der Waals surface area contributed by atoms with E-state index < -0.39 is 9.84 Å². The fourth-order valence-corrected chi connectivity index (χ4v) is 2.99. The largest absolute Gasteiger partial charge is 0.489 e. The van der Waals surface area contributed by atoms with Crippen LogP contribution in [0.5, 0.6) is 5.75 Å². The maximum absolute atomic E-state index is 11.5. The number of hydrogen-bond acceptors (Lipinski definition) is 5. The standard InChI is InChI=1S/C19H22N2O3S/c1-2-25(22,23)10-9-21-14-17-6-4-8-19(12-17)24-15-18-7-3-5-16(11-18)13-20/h3-8,11-12,21H,2,9-10,14-15H2,1H3. The zero-order chi connectivity index (χ0) is 18.1. The van der Waals surface area contributed by atoms with Crippen molar-refractivity contribution in [3.05, 3.63) is 65.2 Å². The van der Waals surface area contributed by atoms with Gasteiger partial charge >= 0.3 is 0 Å². The lowest BCUT2D eigenvalue weighted by Gasteiger charge is -2.09. The first-order chi connectivity index (χ1) is 12.0. The van der Waals surface area contributed by atoms with Crippen molar-refractivity contribution in [2.75, 3.05) is 18.1 Å². The first-order valence-electron chi connectivity index (χ1n) is 8.14. The molecule has 2 rings (SSSR count). The lowest BCUT2D eigenvalue weighted by molar-refractivity contribution is 0.306. The molecule has 2 aromatic carbocycles. The molecule has 0 radical (unpaired) electrons. The number of nitriles is 1. The van der Waals surface area contributed by atoms with Crippen molar-refractivity contribution in [2.45, 2.75) is 20.1 Å². The number of ether oxygens (including phenoxy) is 1. The van der Waals surface area contributed by atoms with Gasteiger partial charge in [0.1, 0.15) is 12.4 Å². The second-order valence-corrected chi connectivity index (χ2v) is 8.13. The topological polar surface area (TPSA) is 79.2 Å². The van der Waals surface area contributed by atoms with Crippen LogP contribution in [0.1, 0.15) is 23.6 Å². The first-order valence-corrected chi connectivity index (χ1v) is 9.96. The van der Waals surface area contributed by atoms with Gasteiger partial charge < -0.3 is 10.1 Å². The first kappa shape index (κ1) is 19.0. The Hall–Kier alpha value is -2.36. The summed E-state index contributed by atoms with van der Waals surface area (Å²) in [6.45, 7) is 3.06. The number of nitrogens with one attached hydrogen (secondary N) is 1. The van der Waals surface area contributed by atoms with Gasteiger partial charge in [-0.3, -0.25) is 0 Å². The third kappa shape index (κ3) is 6.57. The maximum atomic E-state index is 11.5. The van der Waals surface area contributed by atoms with Gasteiger partial charge in [-0.2, -0.15) is 5.26 Å². The molecule has 0 saturated carbocycles. The van der Waals surface area contributed by atoms with Crippen LogP contribution >= 0.6 is 0 Å². The van der Waals surface area contributed by atoms with Gasteiger partial charge in [0.15, 0.2) is 9.84 Å². The summed E-state index contributed by atoms with van der Waals surface area (Å²) in [4.78, 5) is 0. The molecule has 25 heavy (non-hydrogen) atoms. The van der Waals surface area contributed by atoms with E-state index >= 15 is 0 Å². The van der Waals surface area contributed by atoms with Gasteiger partial charge in [0.25, 0.3) is 0 Å². The Kier molecular flexibility index (Phi) is 6.99. The van der Waals surface area contributed by atoms with Crippen molar-refractivity contribution in [3.63, 3.8) is 0 Å². The minimum absolute atomic E-state index is 0.148. The van der Waals surface area contributed by atoms with E-state index in [1.54, 1.807) is 19.1 Å². The second-order valence-electron chi connectivity index (χ2n) is 5.66. The average Bonchev–Trinajstić information content (AvgIpc) is 2.64. The molecule has 0 saturated heterocycles. The number of benzene rings is 2. The Bertz CT molecular complexity index is 842. The molecule has 2 aromatic rings. The molecule has 0 aliphatic carbocycles. The minimum Gasteiger partial charge on any atom is -0.489 e. The molecule has 0 heterocycles. The molecule has 1 N–H and O–H groups in total. The zero-order valence-corrected chi connectivity index (χ0v) is 15.1. The lowest BCUT2D eigenvalue weighted by Crippen LogP contribution is -2.23. The molecule has 0 unspecified atom stereocenters. The van der Waals surface area contributed by atoms with Gasteiger partial charge in [0.2, 0.25) is 0 Å². The quantitative estimate of drug-likeness (QED) is 0.697. The highest BCUT2D eigenvalue weighted by molar-refractivity contribution is 7.91. The zero-order valence-electron chi connectivity index (χ0n) is 14.2. The Morgan fingerprint density at radius 1 is 1.12 bits per heavy atom.